The molecule has 0 amide bonds. The lowest BCUT2D eigenvalue weighted by molar-refractivity contribution is -0.131. The highest BCUT2D eigenvalue weighted by atomic mass is 79.9. The second kappa shape index (κ2) is 5.73. The van der Waals surface area contributed by atoms with Crippen LogP contribution >= 0.6 is 31.9 Å². The van der Waals surface area contributed by atoms with Crippen LogP contribution in [-0.4, -0.2) is 23.0 Å². The van der Waals surface area contributed by atoms with Gasteiger partial charge in [-0.1, -0.05) is 15.9 Å². The molecule has 0 radical (unpaired) electrons. The zero-order chi connectivity index (χ0) is 7.98. The number of aliphatic carboxylic acids is 1. The summed E-state index contributed by atoms with van der Waals surface area (Å²) in [5, 5.41) is 11.9. The lowest BCUT2D eigenvalue weighted by Gasteiger charge is -1.94. The van der Waals surface area contributed by atoms with Crippen molar-refractivity contribution in [2.24, 2.45) is 0 Å². The summed E-state index contributed by atoms with van der Waals surface area (Å²) in [6.07, 6.45) is 1.41. The van der Waals surface area contributed by atoms with Crippen LogP contribution in [0.5, 0.6) is 0 Å². The van der Waals surface area contributed by atoms with E-state index < -0.39 is 5.97 Å². The number of hydrogen-bond acceptors (Lipinski definition) is 2. The van der Waals surface area contributed by atoms with Crippen LogP contribution in [0.2, 0.25) is 0 Å². The lowest BCUT2D eigenvalue weighted by Crippen LogP contribution is -2.10. The average Bonchev–Trinajstić information content (AvgIpc) is 1.88. The molecule has 0 aliphatic heterocycles. The summed E-state index contributed by atoms with van der Waals surface area (Å²) in [5.74, 6) is -0.970. The van der Waals surface area contributed by atoms with Gasteiger partial charge in [0.15, 0.2) is 0 Å². The molecule has 0 rings (SSSR count). The standard InChI is InChI=1S/C5H7Br2NO2/c6-1-2-8-3-4(7)5(9)10/h3,8H,1-2H2,(H,9,10)/b4-3-. The summed E-state index contributed by atoms with van der Waals surface area (Å²) >= 11 is 6.04. The first-order chi connectivity index (χ1) is 4.68. The van der Waals surface area contributed by atoms with Gasteiger partial charge in [-0.15, -0.1) is 0 Å². The first kappa shape index (κ1) is 9.97. The number of halogens is 2. The molecule has 0 aromatic rings. The number of rotatable bonds is 4. The summed E-state index contributed by atoms with van der Waals surface area (Å²) in [5.41, 5.74) is 0. The Morgan fingerprint density at radius 1 is 1.70 bits per heavy atom. The molecule has 3 nitrogen and oxygen atoms in total. The number of nitrogens with one attached hydrogen (secondary N) is 1. The zero-order valence-electron chi connectivity index (χ0n) is 5.10. The second-order valence-corrected chi connectivity index (χ2v) is 3.09. The van der Waals surface area contributed by atoms with Gasteiger partial charge in [-0.05, 0) is 15.9 Å². The van der Waals surface area contributed by atoms with E-state index in [2.05, 4.69) is 37.2 Å². The zero-order valence-corrected chi connectivity index (χ0v) is 8.27. The minimum atomic E-state index is -0.970. The van der Waals surface area contributed by atoms with E-state index in [0.29, 0.717) is 6.54 Å². The third kappa shape index (κ3) is 4.81. The Hall–Kier alpha value is -0.0300. The van der Waals surface area contributed by atoms with Crippen LogP contribution in [-0.2, 0) is 4.79 Å². The second-order valence-electron chi connectivity index (χ2n) is 1.44. The Morgan fingerprint density at radius 3 is 2.70 bits per heavy atom. The SMILES string of the molecule is O=C(O)/C(Br)=C/NCCBr. The molecular weight excluding hydrogens is 266 g/mol. The van der Waals surface area contributed by atoms with Gasteiger partial charge in [0.25, 0.3) is 0 Å². The fourth-order valence-electron chi connectivity index (χ4n) is 0.278. The van der Waals surface area contributed by atoms with E-state index in [0.717, 1.165) is 5.33 Å². The molecule has 5 heteroatoms. The molecule has 2 N–H and O–H groups in total. The smallest absolute Gasteiger partial charge is 0.344 e. The predicted molar refractivity (Wildman–Crippen MR) is 46.4 cm³/mol. The van der Waals surface area contributed by atoms with E-state index in [1.54, 1.807) is 0 Å². The maximum atomic E-state index is 10.1. The van der Waals surface area contributed by atoms with Gasteiger partial charge in [-0.2, -0.15) is 0 Å². The van der Waals surface area contributed by atoms with Crippen molar-refractivity contribution >= 4 is 37.8 Å². The monoisotopic (exact) mass is 271 g/mol. The topological polar surface area (TPSA) is 49.3 Å². The Kier molecular flexibility index (Phi) is 5.71. The number of hydrogen-bond donors (Lipinski definition) is 2. The number of carboxylic acids is 1. The van der Waals surface area contributed by atoms with Gasteiger partial charge in [0.05, 0.1) is 0 Å². The molecule has 0 spiro atoms. The van der Waals surface area contributed by atoms with E-state index in [1.165, 1.54) is 6.20 Å². The highest BCUT2D eigenvalue weighted by Crippen LogP contribution is 2.01. The predicted octanol–water partition coefficient (Wildman–Crippen LogP) is 1.29. The molecule has 58 valence electrons. The Bertz CT molecular complexity index is 147. The summed E-state index contributed by atoms with van der Waals surface area (Å²) in [4.78, 5) is 10.1. The van der Waals surface area contributed by atoms with Gasteiger partial charge in [-0.25, -0.2) is 4.79 Å². The van der Waals surface area contributed by atoms with Gasteiger partial charge >= 0.3 is 5.97 Å². The molecular formula is C5H7Br2NO2. The van der Waals surface area contributed by atoms with Crippen LogP contribution < -0.4 is 5.32 Å². The van der Waals surface area contributed by atoms with Gasteiger partial charge in [0.1, 0.15) is 4.48 Å². The molecule has 10 heavy (non-hydrogen) atoms. The van der Waals surface area contributed by atoms with Crippen LogP contribution in [0.1, 0.15) is 0 Å². The highest BCUT2D eigenvalue weighted by Gasteiger charge is 1.99. The van der Waals surface area contributed by atoms with Crippen molar-refractivity contribution in [2.75, 3.05) is 11.9 Å². The van der Waals surface area contributed by atoms with Crippen LogP contribution in [0.25, 0.3) is 0 Å². The van der Waals surface area contributed by atoms with Gasteiger partial charge in [0, 0.05) is 18.1 Å². The molecule has 0 saturated carbocycles. The Labute approximate surface area is 75.8 Å². The van der Waals surface area contributed by atoms with Crippen molar-refractivity contribution in [2.45, 2.75) is 0 Å². The molecule has 0 aliphatic carbocycles. The van der Waals surface area contributed by atoms with Crippen LogP contribution in [0.15, 0.2) is 10.7 Å². The van der Waals surface area contributed by atoms with Crippen LogP contribution in [0.3, 0.4) is 0 Å². The fourth-order valence-corrected chi connectivity index (χ4v) is 0.669. The molecule has 0 heterocycles. The quantitative estimate of drug-likeness (QED) is 0.461. The van der Waals surface area contributed by atoms with Crippen molar-refractivity contribution in [3.63, 3.8) is 0 Å². The minimum Gasteiger partial charge on any atom is -0.477 e. The number of alkyl halides is 1. The third-order valence-corrected chi connectivity index (χ3v) is 1.64. The number of carbonyl (C=O) groups is 1. The maximum Gasteiger partial charge on any atom is 0.344 e. The fraction of sp³-hybridized carbons (Fsp3) is 0.400. The number of carboxylic acid groups (broad SMARTS) is 1. The van der Waals surface area contributed by atoms with E-state index in [-0.39, 0.29) is 4.48 Å². The molecule has 0 unspecified atom stereocenters. The molecule has 0 aliphatic rings. The molecule has 0 saturated heterocycles. The summed E-state index contributed by atoms with van der Waals surface area (Å²) in [7, 11) is 0. The van der Waals surface area contributed by atoms with E-state index >= 15 is 0 Å². The molecule has 0 aromatic carbocycles. The van der Waals surface area contributed by atoms with Crippen molar-refractivity contribution in [1.82, 2.24) is 5.32 Å². The normalized spacial score (nSPS) is 11.2. The molecule has 0 atom stereocenters. The van der Waals surface area contributed by atoms with Crippen molar-refractivity contribution in [3.8, 4) is 0 Å². The van der Waals surface area contributed by atoms with Gasteiger partial charge in [-0.3, -0.25) is 0 Å². The van der Waals surface area contributed by atoms with Gasteiger partial charge in [0.2, 0.25) is 0 Å². The van der Waals surface area contributed by atoms with Crippen molar-refractivity contribution < 1.29 is 9.90 Å². The molecule has 0 bridgehead atoms. The van der Waals surface area contributed by atoms with E-state index in [4.69, 9.17) is 5.11 Å². The first-order valence-electron chi connectivity index (χ1n) is 2.56. The molecule has 0 aromatic heterocycles. The van der Waals surface area contributed by atoms with Gasteiger partial charge < -0.3 is 10.4 Å². The highest BCUT2D eigenvalue weighted by molar-refractivity contribution is 9.12. The maximum absolute atomic E-state index is 10.1. The minimum absolute atomic E-state index is 0.133. The van der Waals surface area contributed by atoms with Crippen LogP contribution in [0.4, 0.5) is 0 Å². The average molecular weight is 273 g/mol. The van der Waals surface area contributed by atoms with Crippen LogP contribution in [0, 0.1) is 0 Å². The Balaban J connectivity index is 3.58. The summed E-state index contributed by atoms with van der Waals surface area (Å²) in [6, 6.07) is 0. The largest absolute Gasteiger partial charge is 0.477 e. The Morgan fingerprint density at radius 2 is 2.30 bits per heavy atom. The molecule has 0 fully saturated rings. The van der Waals surface area contributed by atoms with E-state index in [9.17, 15) is 4.79 Å². The van der Waals surface area contributed by atoms with Crippen molar-refractivity contribution in [3.05, 3.63) is 10.7 Å². The third-order valence-electron chi connectivity index (χ3n) is 0.672. The van der Waals surface area contributed by atoms with Crippen molar-refractivity contribution in [1.29, 1.82) is 0 Å². The lowest BCUT2D eigenvalue weighted by atomic mass is 10.6. The summed E-state index contributed by atoms with van der Waals surface area (Å²) < 4.78 is 0.133. The van der Waals surface area contributed by atoms with E-state index in [1.807, 2.05) is 0 Å². The summed E-state index contributed by atoms with van der Waals surface area (Å²) in [6.45, 7) is 0.711. The first-order valence-corrected chi connectivity index (χ1v) is 4.48.